The van der Waals surface area contributed by atoms with E-state index in [1.165, 1.54) is 6.42 Å². The van der Waals surface area contributed by atoms with Crippen molar-refractivity contribution in [1.29, 1.82) is 0 Å². The van der Waals surface area contributed by atoms with Crippen molar-refractivity contribution >= 4 is 5.82 Å². The molecule has 2 atom stereocenters. The fourth-order valence-corrected chi connectivity index (χ4v) is 2.23. The van der Waals surface area contributed by atoms with Gasteiger partial charge in [-0.2, -0.15) is 5.10 Å². The Balaban J connectivity index is 2.18. The predicted octanol–water partition coefficient (Wildman–Crippen LogP) is 1.42. The predicted molar refractivity (Wildman–Crippen MR) is 65.1 cm³/mol. The highest BCUT2D eigenvalue weighted by atomic mass is 15.3. The van der Waals surface area contributed by atoms with Gasteiger partial charge in [-0.15, -0.1) is 5.10 Å². The van der Waals surface area contributed by atoms with E-state index >= 15 is 0 Å². The lowest BCUT2D eigenvalue weighted by molar-refractivity contribution is 0.322. The van der Waals surface area contributed by atoms with Crippen LogP contribution < -0.4 is 10.6 Å². The van der Waals surface area contributed by atoms with Crippen molar-refractivity contribution in [3.05, 3.63) is 17.8 Å². The highest BCUT2D eigenvalue weighted by Crippen LogP contribution is 2.27. The third kappa shape index (κ3) is 2.16. The Morgan fingerprint density at radius 3 is 2.94 bits per heavy atom. The highest BCUT2D eigenvalue weighted by Gasteiger charge is 2.24. The molecule has 1 aromatic rings. The maximum atomic E-state index is 5.72. The van der Waals surface area contributed by atoms with Gasteiger partial charge in [0.15, 0.2) is 5.82 Å². The number of nitrogens with zero attached hydrogens (tertiary/aromatic N) is 3. The lowest BCUT2D eigenvalue weighted by Gasteiger charge is -2.36. The zero-order chi connectivity index (χ0) is 11.5. The van der Waals surface area contributed by atoms with Gasteiger partial charge in [0, 0.05) is 25.2 Å². The lowest BCUT2D eigenvalue weighted by atomic mass is 9.88. The maximum absolute atomic E-state index is 5.72. The first kappa shape index (κ1) is 11.3. The largest absolute Gasteiger partial charge is 0.355 e. The SMILES string of the molecule is CC1CCN(c2nnccc2CN)CC1C. The molecule has 0 bridgehead atoms. The summed E-state index contributed by atoms with van der Waals surface area (Å²) in [6.45, 7) is 7.28. The summed E-state index contributed by atoms with van der Waals surface area (Å²) in [7, 11) is 0. The Morgan fingerprint density at radius 1 is 1.44 bits per heavy atom. The van der Waals surface area contributed by atoms with E-state index < -0.39 is 0 Å². The van der Waals surface area contributed by atoms with E-state index in [4.69, 9.17) is 5.73 Å². The topological polar surface area (TPSA) is 55.0 Å². The quantitative estimate of drug-likeness (QED) is 0.819. The number of aromatic nitrogens is 2. The molecule has 88 valence electrons. The van der Waals surface area contributed by atoms with Gasteiger partial charge in [-0.1, -0.05) is 13.8 Å². The molecular formula is C12H20N4. The molecule has 16 heavy (non-hydrogen) atoms. The van der Waals surface area contributed by atoms with E-state index in [0.29, 0.717) is 12.5 Å². The molecule has 2 unspecified atom stereocenters. The Labute approximate surface area is 96.9 Å². The molecule has 0 saturated carbocycles. The van der Waals surface area contributed by atoms with E-state index in [1.54, 1.807) is 6.20 Å². The van der Waals surface area contributed by atoms with E-state index in [1.807, 2.05) is 6.07 Å². The van der Waals surface area contributed by atoms with Gasteiger partial charge in [-0.3, -0.25) is 0 Å². The standard InChI is InChI=1S/C12H20N4/c1-9-4-6-16(8-10(9)2)12-11(7-13)3-5-14-15-12/h3,5,9-10H,4,6-8,13H2,1-2H3. The zero-order valence-corrected chi connectivity index (χ0v) is 10.1. The first-order valence-corrected chi connectivity index (χ1v) is 5.98. The number of rotatable bonds is 2. The van der Waals surface area contributed by atoms with Gasteiger partial charge >= 0.3 is 0 Å². The first-order valence-electron chi connectivity index (χ1n) is 5.98. The molecule has 2 rings (SSSR count). The molecule has 0 radical (unpaired) electrons. The number of hydrogen-bond acceptors (Lipinski definition) is 4. The average molecular weight is 220 g/mol. The smallest absolute Gasteiger partial charge is 0.155 e. The number of nitrogens with two attached hydrogens (primary N) is 1. The summed E-state index contributed by atoms with van der Waals surface area (Å²) in [5.41, 5.74) is 6.82. The molecule has 2 heterocycles. The molecule has 1 saturated heterocycles. The number of piperidine rings is 1. The van der Waals surface area contributed by atoms with Crippen LogP contribution in [0.1, 0.15) is 25.8 Å². The molecule has 2 N–H and O–H groups in total. The van der Waals surface area contributed by atoms with Gasteiger partial charge in [0.2, 0.25) is 0 Å². The van der Waals surface area contributed by atoms with Crippen LogP contribution in [0.15, 0.2) is 12.3 Å². The van der Waals surface area contributed by atoms with Gasteiger partial charge in [0.25, 0.3) is 0 Å². The Kier molecular flexibility index (Phi) is 3.39. The molecule has 1 aliphatic heterocycles. The Morgan fingerprint density at radius 2 is 2.25 bits per heavy atom. The van der Waals surface area contributed by atoms with Gasteiger partial charge in [-0.25, -0.2) is 0 Å². The van der Waals surface area contributed by atoms with Crippen molar-refractivity contribution in [1.82, 2.24) is 10.2 Å². The van der Waals surface area contributed by atoms with E-state index in [0.717, 1.165) is 30.4 Å². The summed E-state index contributed by atoms with van der Waals surface area (Å²) in [5.74, 6) is 2.49. The summed E-state index contributed by atoms with van der Waals surface area (Å²) in [6, 6.07) is 1.96. The molecule has 1 aromatic heterocycles. The fourth-order valence-electron chi connectivity index (χ4n) is 2.23. The molecule has 0 aromatic carbocycles. The second-order valence-corrected chi connectivity index (χ2v) is 4.77. The van der Waals surface area contributed by atoms with Crippen LogP contribution in [0.4, 0.5) is 5.82 Å². The zero-order valence-electron chi connectivity index (χ0n) is 10.1. The van der Waals surface area contributed by atoms with Crippen LogP contribution in [0.2, 0.25) is 0 Å². The summed E-state index contributed by atoms with van der Waals surface area (Å²) >= 11 is 0. The normalized spacial score (nSPS) is 25.8. The lowest BCUT2D eigenvalue weighted by Crippen LogP contribution is -2.39. The van der Waals surface area contributed by atoms with Gasteiger partial charge in [0.1, 0.15) is 0 Å². The first-order chi connectivity index (χ1) is 7.72. The van der Waals surface area contributed by atoms with Crippen LogP contribution >= 0.6 is 0 Å². The second-order valence-electron chi connectivity index (χ2n) is 4.77. The average Bonchev–Trinajstić information content (AvgIpc) is 2.32. The summed E-state index contributed by atoms with van der Waals surface area (Å²) in [5, 5.41) is 8.19. The van der Waals surface area contributed by atoms with Crippen LogP contribution in [0.25, 0.3) is 0 Å². The summed E-state index contributed by atoms with van der Waals surface area (Å²) in [6.07, 6.45) is 2.93. The van der Waals surface area contributed by atoms with Crippen LogP contribution in [-0.2, 0) is 6.54 Å². The van der Waals surface area contributed by atoms with Gasteiger partial charge < -0.3 is 10.6 Å². The van der Waals surface area contributed by atoms with Gasteiger partial charge in [0.05, 0.1) is 6.20 Å². The van der Waals surface area contributed by atoms with Crippen LogP contribution in [-0.4, -0.2) is 23.3 Å². The summed E-state index contributed by atoms with van der Waals surface area (Å²) < 4.78 is 0. The molecule has 1 aliphatic rings. The Bertz CT molecular complexity index is 353. The Hall–Kier alpha value is -1.16. The van der Waals surface area contributed by atoms with E-state index in [2.05, 4.69) is 28.9 Å². The monoisotopic (exact) mass is 220 g/mol. The molecule has 1 fully saturated rings. The fraction of sp³-hybridized carbons (Fsp3) is 0.667. The van der Waals surface area contributed by atoms with Gasteiger partial charge in [-0.05, 0) is 24.3 Å². The van der Waals surface area contributed by atoms with Crippen molar-refractivity contribution in [3.63, 3.8) is 0 Å². The number of hydrogen-bond donors (Lipinski definition) is 1. The molecule has 0 spiro atoms. The molecular weight excluding hydrogens is 200 g/mol. The second kappa shape index (κ2) is 4.78. The van der Waals surface area contributed by atoms with E-state index in [9.17, 15) is 0 Å². The molecule has 0 amide bonds. The van der Waals surface area contributed by atoms with Crippen LogP contribution in [0.3, 0.4) is 0 Å². The van der Waals surface area contributed by atoms with Crippen molar-refractivity contribution in [2.75, 3.05) is 18.0 Å². The minimum absolute atomic E-state index is 0.533. The molecule has 4 heteroatoms. The van der Waals surface area contributed by atoms with Crippen molar-refractivity contribution in [2.24, 2.45) is 17.6 Å². The third-order valence-corrected chi connectivity index (χ3v) is 3.64. The maximum Gasteiger partial charge on any atom is 0.155 e. The minimum atomic E-state index is 0.533. The van der Waals surface area contributed by atoms with E-state index in [-0.39, 0.29) is 0 Å². The number of anilines is 1. The van der Waals surface area contributed by atoms with Crippen LogP contribution in [0, 0.1) is 11.8 Å². The highest BCUT2D eigenvalue weighted by molar-refractivity contribution is 5.45. The summed E-state index contributed by atoms with van der Waals surface area (Å²) in [4.78, 5) is 2.32. The minimum Gasteiger partial charge on any atom is -0.355 e. The van der Waals surface area contributed by atoms with Crippen molar-refractivity contribution in [3.8, 4) is 0 Å². The molecule has 0 aliphatic carbocycles. The van der Waals surface area contributed by atoms with Crippen LogP contribution in [0.5, 0.6) is 0 Å². The van der Waals surface area contributed by atoms with Crippen molar-refractivity contribution < 1.29 is 0 Å². The van der Waals surface area contributed by atoms with Crippen molar-refractivity contribution in [2.45, 2.75) is 26.8 Å². The third-order valence-electron chi connectivity index (χ3n) is 3.64. The molecule has 4 nitrogen and oxygen atoms in total.